The predicted octanol–water partition coefficient (Wildman–Crippen LogP) is 3.24. The fraction of sp³-hybridized carbons (Fsp3) is 0.154. The minimum atomic E-state index is -0.608. The number of anilines is 1. The number of nitrogen functional groups attached to an aromatic ring is 1. The second kappa shape index (κ2) is 10.1. The van der Waals surface area contributed by atoms with Crippen molar-refractivity contribution in [1.29, 1.82) is 0 Å². The predicted molar refractivity (Wildman–Crippen MR) is 128 cm³/mol. The second-order valence-electron chi connectivity index (χ2n) is 7.98. The molecule has 0 aliphatic rings. The van der Waals surface area contributed by atoms with Gasteiger partial charge in [-0.1, -0.05) is 30.3 Å². The highest BCUT2D eigenvalue weighted by molar-refractivity contribution is 5.94. The highest BCUT2D eigenvalue weighted by Crippen LogP contribution is 2.14. The number of aryl methyl sites for hydroxylation is 1. The molecule has 0 saturated heterocycles. The first-order valence-corrected chi connectivity index (χ1v) is 10.8. The van der Waals surface area contributed by atoms with Crippen molar-refractivity contribution >= 4 is 11.7 Å². The van der Waals surface area contributed by atoms with Crippen LogP contribution in [0.2, 0.25) is 0 Å². The Balaban J connectivity index is 1.39. The molecule has 0 unspecified atom stereocenters. The van der Waals surface area contributed by atoms with Gasteiger partial charge in [0.25, 0.3) is 11.5 Å². The minimum absolute atomic E-state index is 0.0428. The lowest BCUT2D eigenvalue weighted by molar-refractivity contribution is 0.0950. The van der Waals surface area contributed by atoms with Gasteiger partial charge in [-0.15, -0.1) is 0 Å². The number of hydrogen-bond acceptors (Lipinski definition) is 5. The van der Waals surface area contributed by atoms with E-state index in [1.54, 1.807) is 42.1 Å². The third kappa shape index (κ3) is 5.53. The molecule has 34 heavy (non-hydrogen) atoms. The van der Waals surface area contributed by atoms with Crippen molar-refractivity contribution in [3.8, 4) is 0 Å². The molecule has 0 saturated carbocycles. The fourth-order valence-electron chi connectivity index (χ4n) is 3.57. The highest BCUT2D eigenvalue weighted by atomic mass is 19.1. The number of hydrogen-bond donors (Lipinski definition) is 2. The highest BCUT2D eigenvalue weighted by Gasteiger charge is 2.11. The number of nitrogens with zero attached hydrogens (tertiary/aromatic N) is 3. The Bertz CT molecular complexity index is 1380. The number of rotatable bonds is 7. The van der Waals surface area contributed by atoms with Gasteiger partial charge in [-0.3, -0.25) is 14.6 Å². The minimum Gasteiger partial charge on any atom is -0.381 e. The molecule has 0 fully saturated rings. The average Bonchev–Trinajstić information content (AvgIpc) is 2.83. The maximum Gasteiger partial charge on any atom is 0.251 e. The maximum absolute atomic E-state index is 13.7. The van der Waals surface area contributed by atoms with Crippen molar-refractivity contribution in [2.75, 3.05) is 5.73 Å². The molecule has 3 N–H and O–H groups in total. The fourth-order valence-corrected chi connectivity index (χ4v) is 3.57. The van der Waals surface area contributed by atoms with E-state index in [9.17, 15) is 14.0 Å². The summed E-state index contributed by atoms with van der Waals surface area (Å²) in [5.41, 5.74) is 9.82. The molecule has 0 atom stereocenters. The quantitative estimate of drug-likeness (QED) is 0.444. The molecule has 8 heteroatoms. The zero-order valence-electron chi connectivity index (χ0n) is 18.7. The summed E-state index contributed by atoms with van der Waals surface area (Å²) in [5.74, 6) is -1.06. The maximum atomic E-state index is 13.7. The smallest absolute Gasteiger partial charge is 0.251 e. The van der Waals surface area contributed by atoms with Crippen LogP contribution < -0.4 is 16.6 Å². The molecule has 172 valence electrons. The zero-order valence-corrected chi connectivity index (χ0v) is 18.7. The lowest BCUT2D eigenvalue weighted by Crippen LogP contribution is -2.24. The first kappa shape index (κ1) is 22.8. The Morgan fingerprint density at radius 1 is 1.09 bits per heavy atom. The molecule has 1 aromatic carbocycles. The SMILES string of the molecule is Cc1nc(N)c(F)cc1CNC(=O)c1ccnc(Cc2ccc(Cn3ccccc3=O)cc2)c1. The van der Waals surface area contributed by atoms with E-state index >= 15 is 0 Å². The Kier molecular flexibility index (Phi) is 6.77. The lowest BCUT2D eigenvalue weighted by atomic mass is 10.1. The summed E-state index contributed by atoms with van der Waals surface area (Å²) < 4.78 is 15.3. The molecule has 0 bridgehead atoms. The number of amides is 1. The molecule has 4 aromatic rings. The van der Waals surface area contributed by atoms with Gasteiger partial charge in [0, 0.05) is 48.4 Å². The molecule has 0 spiro atoms. The van der Waals surface area contributed by atoms with Crippen molar-refractivity contribution in [3.05, 3.63) is 123 Å². The van der Waals surface area contributed by atoms with Crippen LogP contribution in [0.5, 0.6) is 0 Å². The van der Waals surface area contributed by atoms with Gasteiger partial charge in [-0.25, -0.2) is 9.37 Å². The lowest BCUT2D eigenvalue weighted by Gasteiger charge is -2.10. The van der Waals surface area contributed by atoms with Crippen LogP contribution in [0.1, 0.15) is 38.4 Å². The van der Waals surface area contributed by atoms with Gasteiger partial charge in [0.05, 0.1) is 6.54 Å². The van der Waals surface area contributed by atoms with Crippen molar-refractivity contribution < 1.29 is 9.18 Å². The van der Waals surface area contributed by atoms with Crippen LogP contribution in [0.3, 0.4) is 0 Å². The molecule has 0 radical (unpaired) electrons. The first-order chi connectivity index (χ1) is 16.4. The summed E-state index contributed by atoms with van der Waals surface area (Å²) in [6.45, 7) is 2.35. The van der Waals surface area contributed by atoms with E-state index in [-0.39, 0.29) is 23.8 Å². The van der Waals surface area contributed by atoms with E-state index in [0.29, 0.717) is 29.8 Å². The average molecular weight is 458 g/mol. The molecule has 0 aliphatic carbocycles. The summed E-state index contributed by atoms with van der Waals surface area (Å²) in [6, 6.07) is 17.7. The van der Waals surface area contributed by atoms with E-state index in [4.69, 9.17) is 5.73 Å². The molecule has 3 aromatic heterocycles. The standard InChI is InChI=1S/C26H24FN5O2/c1-17-21(14-23(27)25(28)31-17)15-30-26(34)20-9-10-29-22(13-20)12-18-5-7-19(8-6-18)16-32-11-3-2-4-24(32)33/h2-11,13-14H,12,15-16H2,1H3,(H2,28,31)(H,30,34). The van der Waals surface area contributed by atoms with Gasteiger partial charge in [0.2, 0.25) is 0 Å². The van der Waals surface area contributed by atoms with Crippen molar-refractivity contribution in [1.82, 2.24) is 19.9 Å². The van der Waals surface area contributed by atoms with Gasteiger partial charge in [-0.2, -0.15) is 0 Å². The summed E-state index contributed by atoms with van der Waals surface area (Å²) in [7, 11) is 0. The molecule has 1 amide bonds. The first-order valence-electron chi connectivity index (χ1n) is 10.8. The zero-order chi connectivity index (χ0) is 24.1. The van der Waals surface area contributed by atoms with Crippen LogP contribution in [0.4, 0.5) is 10.2 Å². The second-order valence-corrected chi connectivity index (χ2v) is 7.98. The number of carbonyl (C=O) groups excluding carboxylic acids is 1. The number of aromatic nitrogens is 3. The normalized spacial score (nSPS) is 10.8. The summed E-state index contributed by atoms with van der Waals surface area (Å²) in [5, 5.41) is 2.79. The molecular weight excluding hydrogens is 433 g/mol. The van der Waals surface area contributed by atoms with Crippen LogP contribution in [0, 0.1) is 12.7 Å². The summed E-state index contributed by atoms with van der Waals surface area (Å²) >= 11 is 0. The van der Waals surface area contributed by atoms with Gasteiger partial charge in [0.1, 0.15) is 0 Å². The van der Waals surface area contributed by atoms with E-state index in [2.05, 4.69) is 15.3 Å². The molecular formula is C26H24FN5O2. The molecule has 3 heterocycles. The van der Waals surface area contributed by atoms with Gasteiger partial charge < -0.3 is 15.6 Å². The third-order valence-electron chi connectivity index (χ3n) is 5.48. The number of halogens is 1. The number of pyridine rings is 3. The molecule has 0 aliphatic heterocycles. The van der Waals surface area contributed by atoms with Gasteiger partial charge >= 0.3 is 0 Å². The number of benzene rings is 1. The third-order valence-corrected chi connectivity index (χ3v) is 5.48. The molecule has 7 nitrogen and oxygen atoms in total. The van der Waals surface area contributed by atoms with Gasteiger partial charge in [0.15, 0.2) is 11.6 Å². The Morgan fingerprint density at radius 2 is 1.85 bits per heavy atom. The largest absolute Gasteiger partial charge is 0.381 e. The molecule has 4 rings (SSSR count). The van der Waals surface area contributed by atoms with Crippen molar-refractivity contribution in [2.24, 2.45) is 0 Å². The van der Waals surface area contributed by atoms with Crippen molar-refractivity contribution in [3.63, 3.8) is 0 Å². The van der Waals surface area contributed by atoms with Crippen LogP contribution in [-0.2, 0) is 19.5 Å². The Hall–Kier alpha value is -4.33. The number of nitrogens with one attached hydrogen (secondary N) is 1. The van der Waals surface area contributed by atoms with Crippen LogP contribution in [-0.4, -0.2) is 20.4 Å². The van der Waals surface area contributed by atoms with Crippen molar-refractivity contribution in [2.45, 2.75) is 26.4 Å². The monoisotopic (exact) mass is 457 g/mol. The van der Waals surface area contributed by atoms with Crippen LogP contribution >= 0.6 is 0 Å². The van der Waals surface area contributed by atoms with E-state index in [1.165, 1.54) is 12.1 Å². The van der Waals surface area contributed by atoms with Crippen LogP contribution in [0.25, 0.3) is 0 Å². The van der Waals surface area contributed by atoms with E-state index < -0.39 is 5.82 Å². The topological polar surface area (TPSA) is 103 Å². The van der Waals surface area contributed by atoms with E-state index in [1.807, 2.05) is 30.3 Å². The summed E-state index contributed by atoms with van der Waals surface area (Å²) in [6.07, 6.45) is 3.91. The Morgan fingerprint density at radius 3 is 2.62 bits per heavy atom. The number of carbonyl (C=O) groups is 1. The summed E-state index contributed by atoms with van der Waals surface area (Å²) in [4.78, 5) is 32.8. The number of nitrogens with two attached hydrogens (primary N) is 1. The Labute approximate surface area is 196 Å². The van der Waals surface area contributed by atoms with Gasteiger partial charge in [-0.05, 0) is 47.9 Å². The van der Waals surface area contributed by atoms with E-state index in [0.717, 1.165) is 16.8 Å². The van der Waals surface area contributed by atoms with Crippen LogP contribution in [0.15, 0.2) is 77.9 Å².